The molecule has 0 N–H and O–H groups in total. The Morgan fingerprint density at radius 1 is 0.722 bits per heavy atom. The van der Waals surface area contributed by atoms with Crippen molar-refractivity contribution in [3.8, 4) is 0 Å². The molecule has 0 amide bonds. The number of hydrogen-bond acceptors (Lipinski definition) is 5. The van der Waals surface area contributed by atoms with Crippen molar-refractivity contribution in [2.45, 2.75) is 63.9 Å². The Bertz CT molecular complexity index is 1090. The van der Waals surface area contributed by atoms with Gasteiger partial charge in [0.15, 0.2) is 5.90 Å². The topological polar surface area (TPSA) is 49.3 Å². The highest BCUT2D eigenvalue weighted by Gasteiger charge is 2.50. The van der Waals surface area contributed by atoms with Crippen molar-refractivity contribution in [3.05, 3.63) is 108 Å². The van der Waals surface area contributed by atoms with Crippen LogP contribution in [0.3, 0.4) is 0 Å². The average molecular weight is 486 g/mol. The Labute approximate surface area is 214 Å². The molecule has 1 fully saturated rings. The van der Waals surface area contributed by atoms with E-state index in [1.165, 1.54) is 5.56 Å². The molecule has 0 bridgehead atoms. The molecule has 0 spiro atoms. The zero-order valence-electron chi connectivity index (χ0n) is 20.9. The molecule has 2 aliphatic rings. The van der Waals surface area contributed by atoms with Crippen LogP contribution >= 0.6 is 0 Å². The van der Waals surface area contributed by atoms with Gasteiger partial charge in [0.05, 0.1) is 32.5 Å². The fourth-order valence-corrected chi connectivity index (χ4v) is 5.09. The lowest BCUT2D eigenvalue weighted by Gasteiger charge is -2.42. The van der Waals surface area contributed by atoms with E-state index in [9.17, 15) is 0 Å². The van der Waals surface area contributed by atoms with Crippen LogP contribution in [0.25, 0.3) is 0 Å². The number of aliphatic imine (C=N–C) groups is 1. The molecule has 188 valence electrons. The molecule has 3 aromatic rings. The van der Waals surface area contributed by atoms with Gasteiger partial charge in [-0.15, -0.1) is 0 Å². The van der Waals surface area contributed by atoms with Gasteiger partial charge in [-0.25, -0.2) is 4.99 Å². The first-order valence-corrected chi connectivity index (χ1v) is 13.0. The van der Waals surface area contributed by atoms with Gasteiger partial charge in [-0.1, -0.05) is 97.9 Å². The zero-order chi connectivity index (χ0) is 24.6. The van der Waals surface area contributed by atoms with Crippen LogP contribution in [-0.4, -0.2) is 36.9 Å². The molecule has 5 heteroatoms. The Balaban J connectivity index is 1.35. The fraction of sp³-hybridized carbons (Fsp3) is 0.387. The standard InChI is InChI=1S/C31H35NO4/c1-2-28-32-29-27(36-28)18-26(22-33-19-23-12-6-3-7-13-23)30(34-20-24-14-8-4-9-15-24)31(29)35-21-25-16-10-5-11-17-25/h3-17,26-27,29-31H,2,18-22H2,1H3/t26-,27+,29+,30-,31-/m1/s1. The number of fused-ring (bicyclic) bond motifs is 1. The summed E-state index contributed by atoms with van der Waals surface area (Å²) in [5.74, 6) is 0.942. The molecule has 0 aromatic heterocycles. The Kier molecular flexibility index (Phi) is 8.44. The monoisotopic (exact) mass is 485 g/mol. The van der Waals surface area contributed by atoms with E-state index in [1.807, 2.05) is 54.6 Å². The van der Waals surface area contributed by atoms with E-state index in [4.69, 9.17) is 23.9 Å². The maximum Gasteiger partial charge on any atom is 0.183 e. The number of rotatable bonds is 11. The maximum absolute atomic E-state index is 6.63. The Morgan fingerprint density at radius 2 is 1.25 bits per heavy atom. The summed E-state index contributed by atoms with van der Waals surface area (Å²) in [5, 5.41) is 0. The van der Waals surface area contributed by atoms with Crippen molar-refractivity contribution in [2.75, 3.05) is 6.61 Å². The first kappa shape index (κ1) is 24.7. The Hall–Kier alpha value is -2.99. The molecule has 36 heavy (non-hydrogen) atoms. The van der Waals surface area contributed by atoms with E-state index in [0.717, 1.165) is 29.9 Å². The average Bonchev–Trinajstić information content (AvgIpc) is 3.35. The highest BCUT2D eigenvalue weighted by Crippen LogP contribution is 2.38. The zero-order valence-corrected chi connectivity index (χ0v) is 20.9. The van der Waals surface area contributed by atoms with Crippen molar-refractivity contribution >= 4 is 5.90 Å². The molecule has 1 aliphatic heterocycles. The molecule has 1 heterocycles. The normalized spacial score (nSPS) is 25.1. The van der Waals surface area contributed by atoms with E-state index in [0.29, 0.717) is 26.4 Å². The van der Waals surface area contributed by atoms with Gasteiger partial charge in [0, 0.05) is 12.3 Å². The van der Waals surface area contributed by atoms with E-state index >= 15 is 0 Å². The van der Waals surface area contributed by atoms with Gasteiger partial charge in [0.25, 0.3) is 0 Å². The highest BCUT2D eigenvalue weighted by atomic mass is 16.6. The van der Waals surface area contributed by atoms with Crippen LogP contribution in [0.1, 0.15) is 36.5 Å². The second-order valence-electron chi connectivity index (χ2n) is 9.54. The minimum absolute atomic E-state index is 0.0115. The van der Waals surface area contributed by atoms with Gasteiger partial charge < -0.3 is 18.9 Å². The molecule has 5 atom stereocenters. The number of benzene rings is 3. The highest BCUT2D eigenvalue weighted by molar-refractivity contribution is 5.77. The smallest absolute Gasteiger partial charge is 0.183 e. The van der Waals surface area contributed by atoms with Gasteiger partial charge in [0.2, 0.25) is 0 Å². The molecule has 3 aromatic carbocycles. The van der Waals surface area contributed by atoms with Crippen LogP contribution in [0.5, 0.6) is 0 Å². The first-order chi connectivity index (χ1) is 17.8. The van der Waals surface area contributed by atoms with Crippen LogP contribution in [0.15, 0.2) is 96.0 Å². The van der Waals surface area contributed by atoms with Crippen LogP contribution in [0.4, 0.5) is 0 Å². The second-order valence-corrected chi connectivity index (χ2v) is 9.54. The van der Waals surface area contributed by atoms with Gasteiger partial charge in [-0.05, 0) is 23.1 Å². The van der Waals surface area contributed by atoms with E-state index in [2.05, 4.69) is 43.3 Å². The number of hydrogen-bond donors (Lipinski definition) is 0. The Morgan fingerprint density at radius 3 is 1.81 bits per heavy atom. The summed E-state index contributed by atoms with van der Waals surface area (Å²) in [5.41, 5.74) is 3.45. The maximum atomic E-state index is 6.63. The lowest BCUT2D eigenvalue weighted by atomic mass is 9.79. The predicted octanol–water partition coefficient (Wildman–Crippen LogP) is 5.97. The third-order valence-electron chi connectivity index (χ3n) is 6.94. The molecular formula is C31H35NO4. The summed E-state index contributed by atoms with van der Waals surface area (Å²) in [6, 6.07) is 30.8. The summed E-state index contributed by atoms with van der Waals surface area (Å²) in [4.78, 5) is 4.94. The van der Waals surface area contributed by atoms with Crippen molar-refractivity contribution in [2.24, 2.45) is 10.9 Å². The quantitative estimate of drug-likeness (QED) is 0.336. The van der Waals surface area contributed by atoms with Crippen molar-refractivity contribution in [1.82, 2.24) is 0 Å². The van der Waals surface area contributed by atoms with Crippen molar-refractivity contribution in [1.29, 1.82) is 0 Å². The number of nitrogens with zero attached hydrogens (tertiary/aromatic N) is 1. The summed E-state index contributed by atoms with van der Waals surface area (Å²) in [6.07, 6.45) is 1.22. The lowest BCUT2D eigenvalue weighted by Crippen LogP contribution is -2.55. The summed E-state index contributed by atoms with van der Waals surface area (Å²) < 4.78 is 25.7. The molecule has 0 unspecified atom stereocenters. The van der Waals surface area contributed by atoms with Crippen molar-refractivity contribution < 1.29 is 18.9 Å². The predicted molar refractivity (Wildman–Crippen MR) is 141 cm³/mol. The van der Waals surface area contributed by atoms with Gasteiger partial charge in [0.1, 0.15) is 18.2 Å². The van der Waals surface area contributed by atoms with Crippen LogP contribution < -0.4 is 0 Å². The summed E-state index contributed by atoms with van der Waals surface area (Å²) >= 11 is 0. The molecular weight excluding hydrogens is 450 g/mol. The van der Waals surface area contributed by atoms with Crippen LogP contribution in [0, 0.1) is 5.92 Å². The second kappa shape index (κ2) is 12.3. The molecule has 1 saturated carbocycles. The molecule has 0 saturated heterocycles. The first-order valence-electron chi connectivity index (χ1n) is 13.0. The van der Waals surface area contributed by atoms with Gasteiger partial charge in [-0.3, -0.25) is 0 Å². The largest absolute Gasteiger partial charge is 0.475 e. The molecule has 5 rings (SSSR count). The summed E-state index contributed by atoms with van der Waals surface area (Å²) in [7, 11) is 0. The molecule has 1 aliphatic carbocycles. The number of ether oxygens (including phenoxy) is 4. The van der Waals surface area contributed by atoms with Crippen LogP contribution in [-0.2, 0) is 38.8 Å². The van der Waals surface area contributed by atoms with Gasteiger partial charge in [-0.2, -0.15) is 0 Å². The SMILES string of the molecule is CCC1=N[C@@H]2[C@@H](OCc3ccccc3)[C@H](OCc3ccccc3)[C@@H](COCc3ccccc3)C[C@@H]2O1. The van der Waals surface area contributed by atoms with E-state index in [1.54, 1.807) is 0 Å². The fourth-order valence-electron chi connectivity index (χ4n) is 5.09. The lowest BCUT2D eigenvalue weighted by molar-refractivity contribution is -0.162. The van der Waals surface area contributed by atoms with Crippen molar-refractivity contribution in [3.63, 3.8) is 0 Å². The van der Waals surface area contributed by atoms with E-state index < -0.39 is 0 Å². The van der Waals surface area contributed by atoms with E-state index in [-0.39, 0.29) is 30.3 Å². The minimum Gasteiger partial charge on any atom is -0.475 e. The third-order valence-corrected chi connectivity index (χ3v) is 6.94. The summed E-state index contributed by atoms with van der Waals surface area (Å²) in [6.45, 7) is 4.26. The van der Waals surface area contributed by atoms with Gasteiger partial charge >= 0.3 is 0 Å². The van der Waals surface area contributed by atoms with Crippen LogP contribution in [0.2, 0.25) is 0 Å². The molecule has 5 nitrogen and oxygen atoms in total. The third kappa shape index (κ3) is 6.22. The minimum atomic E-state index is -0.220. The molecule has 0 radical (unpaired) electrons.